The fourth-order valence-electron chi connectivity index (χ4n) is 7.83. The molecule has 10 nitrogen and oxygen atoms in total. The van der Waals surface area contributed by atoms with E-state index in [0.717, 1.165) is 40.3 Å². The van der Waals surface area contributed by atoms with Crippen molar-refractivity contribution >= 4 is 33.7 Å². The van der Waals surface area contributed by atoms with Gasteiger partial charge in [-0.1, -0.05) is 62.4 Å². The van der Waals surface area contributed by atoms with Gasteiger partial charge >= 0.3 is 11.9 Å². The molecule has 0 unspecified atom stereocenters. The first-order valence-electron chi connectivity index (χ1n) is 20.3. The van der Waals surface area contributed by atoms with Gasteiger partial charge in [-0.2, -0.15) is 0 Å². The third-order valence-electron chi connectivity index (χ3n) is 10.8. The summed E-state index contributed by atoms with van der Waals surface area (Å²) in [6.45, 7) is 6.39. The number of aromatic carboxylic acids is 1. The number of carboxylic acids is 1. The third kappa shape index (κ3) is 8.36. The Labute approximate surface area is 358 Å². The van der Waals surface area contributed by atoms with Gasteiger partial charge in [-0.05, 0) is 91.6 Å². The molecule has 0 fully saturated rings. The number of carbonyl (C=O) groups excluding carboxylic acids is 1. The van der Waals surface area contributed by atoms with Crippen LogP contribution < -0.4 is 9.47 Å². The number of pyridine rings is 2. The van der Waals surface area contributed by atoms with Crippen molar-refractivity contribution in [3.63, 3.8) is 0 Å². The van der Waals surface area contributed by atoms with Gasteiger partial charge in [0.25, 0.3) is 0 Å². The SMILES string of the molecule is CCOC(=O)c1c(-c2cccnc2OC)c2cc(CC)ccc2n1Cc1ccccc1F.CCc1ccc2c(c1)c(-c1cccnc1OC)c(C(=O)O)n2Cc1ccccc1F. The number of carboxylic acid groups (broad SMARTS) is 1. The van der Waals surface area contributed by atoms with Crippen LogP contribution in [0, 0.1) is 11.6 Å². The highest BCUT2D eigenvalue weighted by Gasteiger charge is 2.29. The Hall–Kier alpha value is -7.34. The van der Waals surface area contributed by atoms with E-state index in [9.17, 15) is 23.5 Å². The number of aromatic nitrogens is 4. The third-order valence-corrected chi connectivity index (χ3v) is 10.8. The summed E-state index contributed by atoms with van der Waals surface area (Å²) in [5.41, 5.74) is 7.53. The summed E-state index contributed by atoms with van der Waals surface area (Å²) in [4.78, 5) is 34.3. The maximum absolute atomic E-state index is 14.6. The van der Waals surface area contributed by atoms with Gasteiger partial charge in [0.05, 0.1) is 33.9 Å². The van der Waals surface area contributed by atoms with Gasteiger partial charge < -0.3 is 28.5 Å². The Bertz CT molecular complexity index is 2920. The van der Waals surface area contributed by atoms with Gasteiger partial charge in [-0.3, -0.25) is 0 Å². The Morgan fingerprint density at radius 2 is 1.06 bits per heavy atom. The smallest absolute Gasteiger partial charge is 0.355 e. The second-order valence-corrected chi connectivity index (χ2v) is 14.4. The van der Waals surface area contributed by atoms with E-state index in [1.54, 1.807) is 85.6 Å². The van der Waals surface area contributed by atoms with Crippen molar-refractivity contribution in [3.05, 3.63) is 167 Å². The predicted octanol–water partition coefficient (Wildman–Crippen LogP) is 10.8. The Morgan fingerprint density at radius 3 is 1.48 bits per heavy atom. The van der Waals surface area contributed by atoms with E-state index in [2.05, 4.69) is 23.0 Å². The average Bonchev–Trinajstić information content (AvgIpc) is 3.79. The van der Waals surface area contributed by atoms with E-state index in [-0.39, 0.29) is 37.0 Å². The fourth-order valence-corrected chi connectivity index (χ4v) is 7.83. The minimum Gasteiger partial charge on any atom is -0.481 e. The van der Waals surface area contributed by atoms with Crippen LogP contribution >= 0.6 is 0 Å². The number of ether oxygens (including phenoxy) is 3. The molecule has 0 radical (unpaired) electrons. The zero-order chi connectivity index (χ0) is 43.9. The molecular weight excluding hydrogens is 791 g/mol. The number of benzene rings is 4. The molecule has 1 N–H and O–H groups in total. The first-order chi connectivity index (χ1) is 30.1. The minimum atomic E-state index is -1.10. The summed E-state index contributed by atoms with van der Waals surface area (Å²) >= 11 is 0. The molecule has 8 rings (SSSR count). The van der Waals surface area contributed by atoms with Crippen LogP contribution in [0.2, 0.25) is 0 Å². The van der Waals surface area contributed by atoms with Crippen molar-refractivity contribution in [1.82, 2.24) is 19.1 Å². The number of halogens is 2. The molecule has 8 aromatic rings. The second-order valence-electron chi connectivity index (χ2n) is 14.4. The molecule has 0 aliphatic carbocycles. The number of aryl methyl sites for hydroxylation is 2. The topological polar surface area (TPSA) is 118 Å². The van der Waals surface area contributed by atoms with Crippen molar-refractivity contribution in [2.24, 2.45) is 0 Å². The highest BCUT2D eigenvalue weighted by Crippen LogP contribution is 2.42. The summed E-state index contributed by atoms with van der Waals surface area (Å²) < 4.78 is 48.8. The molecule has 0 spiro atoms. The van der Waals surface area contributed by atoms with Gasteiger partial charge in [0, 0.05) is 67.6 Å². The molecule has 0 aliphatic rings. The molecule has 0 saturated heterocycles. The lowest BCUT2D eigenvalue weighted by Crippen LogP contribution is -2.14. The predicted molar refractivity (Wildman–Crippen MR) is 236 cm³/mol. The van der Waals surface area contributed by atoms with Crippen molar-refractivity contribution in [2.45, 2.75) is 46.7 Å². The lowest BCUT2D eigenvalue weighted by Gasteiger charge is -2.13. The summed E-state index contributed by atoms with van der Waals surface area (Å²) in [7, 11) is 3.05. The van der Waals surface area contributed by atoms with Crippen LogP contribution in [0.3, 0.4) is 0 Å². The zero-order valence-electron chi connectivity index (χ0n) is 35.1. The molecule has 62 heavy (non-hydrogen) atoms. The van der Waals surface area contributed by atoms with Crippen molar-refractivity contribution in [2.75, 3.05) is 20.8 Å². The molecule has 4 aromatic carbocycles. The molecule has 12 heteroatoms. The van der Waals surface area contributed by atoms with Gasteiger partial charge in [0.1, 0.15) is 23.0 Å². The van der Waals surface area contributed by atoms with Crippen molar-refractivity contribution in [1.29, 1.82) is 0 Å². The Morgan fingerprint density at radius 1 is 0.613 bits per heavy atom. The standard InChI is InChI=1S/C26H25FN2O3.C24H21FN2O3/c1-4-17-12-13-22-20(15-17)23(19-10-8-14-28-25(19)31-3)24(26(30)32-5-2)29(22)16-18-9-6-7-11-21(18)27;1-3-15-10-11-20-18(13-15)21(17-8-6-12-26-23(17)30-2)22(24(28)29)27(20)14-16-7-4-5-9-19(16)25/h6-15H,4-5,16H2,1-3H3;4-13H,3,14H2,1-2H3,(H,28,29). The van der Waals surface area contributed by atoms with E-state index in [1.807, 2.05) is 47.9 Å². The number of esters is 1. The Kier molecular flexibility index (Phi) is 13.1. The molecule has 0 saturated carbocycles. The van der Waals surface area contributed by atoms with E-state index >= 15 is 0 Å². The number of nitrogens with zero attached hydrogens (tertiary/aromatic N) is 4. The van der Waals surface area contributed by atoms with E-state index in [0.29, 0.717) is 56.4 Å². The molecular formula is C50H46F2N4O6. The number of methoxy groups -OCH3 is 2. The molecule has 0 bridgehead atoms. The minimum absolute atomic E-state index is 0.0767. The van der Waals surface area contributed by atoms with Gasteiger partial charge in [0.15, 0.2) is 0 Å². The first kappa shape index (κ1) is 42.8. The quantitative estimate of drug-likeness (QED) is 0.114. The molecule has 316 valence electrons. The van der Waals surface area contributed by atoms with Gasteiger partial charge in [-0.15, -0.1) is 0 Å². The second kappa shape index (κ2) is 18.9. The largest absolute Gasteiger partial charge is 0.481 e. The summed E-state index contributed by atoms with van der Waals surface area (Å²) in [5, 5.41) is 11.8. The highest BCUT2D eigenvalue weighted by atomic mass is 19.1. The molecule has 0 aliphatic heterocycles. The summed E-state index contributed by atoms with van der Waals surface area (Å²) in [6.07, 6.45) is 4.88. The van der Waals surface area contributed by atoms with Crippen molar-refractivity contribution in [3.8, 4) is 34.0 Å². The summed E-state index contributed by atoms with van der Waals surface area (Å²) in [5.74, 6) is -1.52. The van der Waals surface area contributed by atoms with Crippen LogP contribution in [-0.2, 0) is 30.7 Å². The van der Waals surface area contributed by atoms with Crippen LogP contribution in [0.15, 0.2) is 122 Å². The number of rotatable bonds is 13. The van der Waals surface area contributed by atoms with Gasteiger partial charge in [-0.25, -0.2) is 28.3 Å². The monoisotopic (exact) mass is 836 g/mol. The number of hydrogen-bond donors (Lipinski definition) is 1. The van der Waals surface area contributed by atoms with Gasteiger partial charge in [0.2, 0.25) is 11.8 Å². The first-order valence-corrected chi connectivity index (χ1v) is 20.3. The van der Waals surface area contributed by atoms with E-state index in [4.69, 9.17) is 14.2 Å². The highest BCUT2D eigenvalue weighted by molar-refractivity contribution is 6.10. The summed E-state index contributed by atoms with van der Waals surface area (Å²) in [6, 6.07) is 32.1. The molecule has 0 atom stereocenters. The van der Waals surface area contributed by atoms with Crippen LogP contribution in [0.4, 0.5) is 8.78 Å². The number of hydrogen-bond acceptors (Lipinski definition) is 7. The van der Waals surface area contributed by atoms with Crippen LogP contribution in [0.25, 0.3) is 44.1 Å². The van der Waals surface area contributed by atoms with Crippen LogP contribution in [0.1, 0.15) is 64.0 Å². The van der Waals surface area contributed by atoms with E-state index < -0.39 is 11.9 Å². The van der Waals surface area contributed by atoms with E-state index in [1.165, 1.54) is 19.2 Å². The lowest BCUT2D eigenvalue weighted by molar-refractivity contribution is 0.0515. The van der Waals surface area contributed by atoms with Crippen LogP contribution in [-0.4, -0.2) is 57.0 Å². The molecule has 0 amide bonds. The normalized spacial score (nSPS) is 11.0. The maximum Gasteiger partial charge on any atom is 0.355 e. The molecule has 4 heterocycles. The number of fused-ring (bicyclic) bond motifs is 2. The fraction of sp³-hybridized carbons (Fsp3) is 0.200. The Balaban J connectivity index is 0.000000187. The molecule has 4 aromatic heterocycles. The van der Waals surface area contributed by atoms with Crippen molar-refractivity contribution < 1.29 is 37.7 Å². The lowest BCUT2D eigenvalue weighted by atomic mass is 10.0. The van der Waals surface area contributed by atoms with Crippen LogP contribution in [0.5, 0.6) is 11.8 Å². The average molecular weight is 837 g/mol. The number of carbonyl (C=O) groups is 2. The maximum atomic E-state index is 14.6. The zero-order valence-corrected chi connectivity index (χ0v) is 35.1.